The van der Waals surface area contributed by atoms with E-state index in [0.29, 0.717) is 0 Å². The smallest absolute Gasteiger partial charge is 0.269 e. The predicted molar refractivity (Wildman–Crippen MR) is 98.2 cm³/mol. The second-order valence-electron chi connectivity index (χ2n) is 5.23. The number of nitro benzene ring substituents is 1. The Kier molecular flexibility index (Phi) is 6.26. The van der Waals surface area contributed by atoms with E-state index in [1.165, 1.54) is 12.1 Å². The van der Waals surface area contributed by atoms with Crippen LogP contribution in [0.15, 0.2) is 86.9 Å². The summed E-state index contributed by atoms with van der Waals surface area (Å²) in [7, 11) is -7.90. The van der Waals surface area contributed by atoms with E-state index in [-0.39, 0.29) is 15.5 Å². The minimum atomic E-state index is -4.13. The van der Waals surface area contributed by atoms with Gasteiger partial charge in [-0.2, -0.15) is 0 Å². The largest absolute Gasteiger partial charge is 0.391 e. The van der Waals surface area contributed by atoms with Gasteiger partial charge in [-0.3, -0.25) is 10.1 Å². The molecule has 10 heteroatoms. The van der Waals surface area contributed by atoms with Crippen molar-refractivity contribution in [2.24, 2.45) is 0 Å². The van der Waals surface area contributed by atoms with E-state index in [9.17, 15) is 32.1 Å². The van der Waals surface area contributed by atoms with E-state index < -0.39 is 36.1 Å². The lowest BCUT2D eigenvalue weighted by Gasteiger charge is -2.06. The number of hydrogen-bond donors (Lipinski definition) is 1. The summed E-state index contributed by atoms with van der Waals surface area (Å²) >= 11 is 0. The van der Waals surface area contributed by atoms with E-state index in [1.807, 2.05) is 0 Å². The van der Waals surface area contributed by atoms with Crippen molar-refractivity contribution in [2.45, 2.75) is 9.79 Å². The number of hydrogen-bond acceptors (Lipinski definition) is 7. The van der Waals surface area contributed by atoms with Crippen LogP contribution >= 0.6 is 0 Å². The van der Waals surface area contributed by atoms with E-state index in [1.54, 1.807) is 18.2 Å². The third-order valence-electron chi connectivity index (χ3n) is 3.47. The van der Waals surface area contributed by atoms with E-state index in [2.05, 4.69) is 0 Å². The maximum Gasteiger partial charge on any atom is 0.269 e. The molecule has 0 bridgehead atoms. The molecule has 2 aromatic rings. The molecule has 0 atom stereocenters. The average Bonchev–Trinajstić information content (AvgIpc) is 2.65. The number of aliphatic hydroxyl groups is 1. The summed E-state index contributed by atoms with van der Waals surface area (Å²) in [4.78, 5) is 9.31. The standard InChI is InChI=1S/C17H15NO7S2/c19-13-17(7-4-12-26(22,23)15-5-2-1-3-6-15)27(24,25)16-10-8-14(9-11-16)18(20)21/h1-12,19H,13H2/b12-4+,17-7+. The molecule has 0 heterocycles. The van der Waals surface area contributed by atoms with Gasteiger partial charge in [0.05, 0.1) is 26.2 Å². The molecule has 0 spiro atoms. The van der Waals surface area contributed by atoms with E-state index in [4.69, 9.17) is 0 Å². The minimum absolute atomic E-state index is 0.0402. The normalized spacial score (nSPS) is 13.0. The summed E-state index contributed by atoms with van der Waals surface area (Å²) < 4.78 is 49.2. The number of aliphatic hydroxyl groups excluding tert-OH is 1. The predicted octanol–water partition coefficient (Wildman–Crippen LogP) is 2.23. The van der Waals surface area contributed by atoms with Gasteiger partial charge in [0.15, 0.2) is 9.84 Å². The van der Waals surface area contributed by atoms with Crippen molar-refractivity contribution in [1.82, 2.24) is 0 Å². The summed E-state index contributed by atoms with van der Waals surface area (Å²) in [6.07, 6.45) is 1.98. The van der Waals surface area contributed by atoms with Crippen molar-refractivity contribution in [3.8, 4) is 0 Å². The van der Waals surface area contributed by atoms with E-state index in [0.717, 1.165) is 41.8 Å². The van der Waals surface area contributed by atoms with Crippen molar-refractivity contribution in [3.63, 3.8) is 0 Å². The zero-order valence-electron chi connectivity index (χ0n) is 13.8. The number of non-ortho nitro benzene ring substituents is 1. The van der Waals surface area contributed by atoms with Crippen LogP contribution in [0, 0.1) is 10.1 Å². The number of nitro groups is 1. The molecule has 0 aliphatic heterocycles. The Bertz CT molecular complexity index is 1090. The first kappa shape index (κ1) is 20.5. The van der Waals surface area contributed by atoms with Crippen LogP contribution in [0.25, 0.3) is 0 Å². The Morgan fingerprint density at radius 3 is 2.07 bits per heavy atom. The summed E-state index contributed by atoms with van der Waals surface area (Å²) in [5.41, 5.74) is -0.280. The van der Waals surface area contributed by atoms with Crippen LogP contribution in [-0.2, 0) is 19.7 Å². The third-order valence-corrected chi connectivity index (χ3v) is 6.76. The molecule has 0 aliphatic rings. The SMILES string of the molecule is O=[N+]([O-])c1ccc(S(=O)(=O)/C(=C/C=C/S(=O)(=O)c2ccccc2)CO)cc1. The third kappa shape index (κ3) is 4.88. The fraction of sp³-hybridized carbons (Fsp3) is 0.0588. The minimum Gasteiger partial charge on any atom is -0.391 e. The topological polar surface area (TPSA) is 132 Å². The van der Waals surface area contributed by atoms with Crippen LogP contribution in [-0.4, -0.2) is 33.5 Å². The average molecular weight is 409 g/mol. The highest BCUT2D eigenvalue weighted by Gasteiger charge is 2.20. The molecule has 0 radical (unpaired) electrons. The van der Waals surface area contributed by atoms with E-state index >= 15 is 0 Å². The quantitative estimate of drug-likeness (QED) is 0.421. The van der Waals surface area contributed by atoms with Gasteiger partial charge in [0.25, 0.3) is 5.69 Å². The van der Waals surface area contributed by atoms with Gasteiger partial charge in [-0.05, 0) is 36.4 Å². The highest BCUT2D eigenvalue weighted by atomic mass is 32.2. The van der Waals surface area contributed by atoms with Crippen molar-refractivity contribution >= 4 is 25.4 Å². The molecule has 27 heavy (non-hydrogen) atoms. The van der Waals surface area contributed by atoms with Gasteiger partial charge < -0.3 is 5.11 Å². The second kappa shape index (κ2) is 8.25. The zero-order valence-corrected chi connectivity index (χ0v) is 15.4. The fourth-order valence-corrected chi connectivity index (χ4v) is 4.27. The van der Waals surface area contributed by atoms with Crippen LogP contribution in [0.2, 0.25) is 0 Å². The molecule has 0 fully saturated rings. The lowest BCUT2D eigenvalue weighted by atomic mass is 10.3. The van der Waals surface area contributed by atoms with Gasteiger partial charge >= 0.3 is 0 Å². The summed E-state index contributed by atoms with van der Waals surface area (Å²) in [6.45, 7) is -0.866. The summed E-state index contributed by atoms with van der Waals surface area (Å²) in [6, 6.07) is 11.7. The van der Waals surface area contributed by atoms with Crippen molar-refractivity contribution < 1.29 is 26.9 Å². The first-order valence-corrected chi connectivity index (χ1v) is 10.5. The summed E-state index contributed by atoms with van der Waals surface area (Å²) in [5.74, 6) is 0. The number of nitrogens with zero attached hydrogens (tertiary/aromatic N) is 1. The van der Waals surface area contributed by atoms with Crippen molar-refractivity contribution in [2.75, 3.05) is 6.61 Å². The second-order valence-corrected chi connectivity index (χ2v) is 9.07. The van der Waals surface area contributed by atoms with Gasteiger partial charge in [-0.1, -0.05) is 18.2 Å². The first-order valence-electron chi connectivity index (χ1n) is 7.46. The Morgan fingerprint density at radius 2 is 1.56 bits per heavy atom. The molecular weight excluding hydrogens is 394 g/mol. The Hall–Kier alpha value is -2.82. The Labute approximate surface area is 156 Å². The number of allylic oxidation sites excluding steroid dienone is 2. The monoisotopic (exact) mass is 409 g/mol. The van der Waals surface area contributed by atoms with Crippen LogP contribution in [0.4, 0.5) is 5.69 Å². The van der Waals surface area contributed by atoms with Crippen LogP contribution < -0.4 is 0 Å². The molecule has 2 rings (SSSR count). The first-order chi connectivity index (χ1) is 12.7. The lowest BCUT2D eigenvalue weighted by molar-refractivity contribution is -0.384. The van der Waals surface area contributed by atoms with Gasteiger partial charge in [-0.15, -0.1) is 0 Å². The number of benzene rings is 2. The molecule has 0 aromatic heterocycles. The van der Waals surface area contributed by atoms with Gasteiger partial charge in [0.2, 0.25) is 9.84 Å². The maximum atomic E-state index is 12.5. The molecule has 0 saturated carbocycles. The zero-order chi connectivity index (χ0) is 20.1. The molecule has 0 saturated heterocycles. The number of rotatable bonds is 7. The van der Waals surface area contributed by atoms with Crippen LogP contribution in [0.1, 0.15) is 0 Å². The highest BCUT2D eigenvalue weighted by Crippen LogP contribution is 2.22. The molecular formula is C17H15NO7S2. The van der Waals surface area contributed by atoms with Gasteiger partial charge in [0, 0.05) is 17.5 Å². The highest BCUT2D eigenvalue weighted by molar-refractivity contribution is 7.95. The van der Waals surface area contributed by atoms with Crippen LogP contribution in [0.5, 0.6) is 0 Å². The molecule has 0 aliphatic carbocycles. The molecule has 0 unspecified atom stereocenters. The summed E-state index contributed by atoms with van der Waals surface area (Å²) in [5, 5.41) is 20.8. The molecule has 142 valence electrons. The number of sulfone groups is 2. The van der Waals surface area contributed by atoms with Crippen LogP contribution in [0.3, 0.4) is 0 Å². The Balaban J connectivity index is 2.33. The fourth-order valence-electron chi connectivity index (χ4n) is 2.06. The van der Waals surface area contributed by atoms with Gasteiger partial charge in [0.1, 0.15) is 0 Å². The molecule has 0 amide bonds. The maximum absolute atomic E-state index is 12.5. The van der Waals surface area contributed by atoms with Crippen molar-refractivity contribution in [3.05, 3.63) is 87.2 Å². The Morgan fingerprint density at radius 1 is 0.963 bits per heavy atom. The molecule has 1 N–H and O–H groups in total. The lowest BCUT2D eigenvalue weighted by Crippen LogP contribution is -2.08. The molecule has 2 aromatic carbocycles. The molecule has 8 nitrogen and oxygen atoms in total. The van der Waals surface area contributed by atoms with Gasteiger partial charge in [-0.25, -0.2) is 16.8 Å². The van der Waals surface area contributed by atoms with Crippen molar-refractivity contribution in [1.29, 1.82) is 0 Å².